The van der Waals surface area contributed by atoms with Gasteiger partial charge < -0.3 is 20.9 Å². The molecule has 0 bridgehead atoms. The summed E-state index contributed by atoms with van der Waals surface area (Å²) < 4.78 is 22.6. The Morgan fingerprint density at radius 1 is 1.07 bits per heavy atom. The van der Waals surface area contributed by atoms with Gasteiger partial charge in [-0.05, 0) is 38.5 Å². The first-order chi connectivity index (χ1) is 13.3. The highest BCUT2D eigenvalue weighted by Gasteiger charge is 2.14. The van der Waals surface area contributed by atoms with E-state index in [0.29, 0.717) is 0 Å². The van der Waals surface area contributed by atoms with Crippen LogP contribution in [0.25, 0.3) is 0 Å². The van der Waals surface area contributed by atoms with E-state index in [4.69, 9.17) is 5.14 Å². The molecule has 0 saturated heterocycles. The molecule has 1 aromatic carbocycles. The number of guanidine groups is 1. The fourth-order valence-corrected chi connectivity index (χ4v) is 2.59. The summed E-state index contributed by atoms with van der Waals surface area (Å²) in [5.74, 6) is -0.0978. The fraction of sp³-hybridized carbons (Fsp3) is 0.500. The van der Waals surface area contributed by atoms with Crippen LogP contribution in [-0.4, -0.2) is 63.8 Å². The first kappa shape index (κ1) is 24.4. The molecule has 0 aliphatic rings. The number of likely N-dealkylation sites (N-methyl/N-ethyl adjacent to an activating group) is 1. The Balaban J connectivity index is 2.83. The molecule has 0 atom stereocenters. The lowest BCUT2D eigenvalue weighted by molar-refractivity contribution is -0.127. The van der Waals surface area contributed by atoms with Crippen LogP contribution in [0, 0.1) is 0 Å². The zero-order valence-electron chi connectivity index (χ0n) is 17.4. The summed E-state index contributed by atoms with van der Waals surface area (Å²) in [4.78, 5) is 29.6. The molecule has 5 N–H and O–H groups in total. The Kier molecular flexibility index (Phi) is 8.59. The average Bonchev–Trinajstić information content (AvgIpc) is 2.58. The van der Waals surface area contributed by atoms with E-state index in [1.165, 1.54) is 17.0 Å². The molecule has 0 aromatic heterocycles. The topological polar surface area (TPSA) is 146 Å². The summed E-state index contributed by atoms with van der Waals surface area (Å²) in [6.45, 7) is 5.81. The van der Waals surface area contributed by atoms with E-state index >= 15 is 0 Å². The van der Waals surface area contributed by atoms with Crippen molar-refractivity contribution in [1.29, 1.82) is 0 Å². The van der Waals surface area contributed by atoms with Crippen LogP contribution < -0.4 is 21.1 Å². The highest BCUT2D eigenvalue weighted by Crippen LogP contribution is 2.09. The molecule has 10 nitrogen and oxygen atoms in total. The number of aliphatic imine (C=N–C) groups is 1. The van der Waals surface area contributed by atoms with Crippen LogP contribution in [0.5, 0.6) is 0 Å². The molecular weight excluding hydrogens is 396 g/mol. The van der Waals surface area contributed by atoms with Gasteiger partial charge in [-0.1, -0.05) is 12.1 Å². The Labute approximate surface area is 172 Å². The minimum absolute atomic E-state index is 0.00405. The Morgan fingerprint density at radius 3 is 2.10 bits per heavy atom. The molecule has 0 heterocycles. The molecular formula is C18H30N6O4S. The molecule has 162 valence electrons. The Bertz CT molecular complexity index is 842. The van der Waals surface area contributed by atoms with Crippen molar-refractivity contribution >= 4 is 27.8 Å². The molecule has 2 amide bonds. The second-order valence-corrected chi connectivity index (χ2v) is 9.21. The summed E-state index contributed by atoms with van der Waals surface area (Å²) in [6.07, 6.45) is 0. The van der Waals surface area contributed by atoms with Gasteiger partial charge in [0.25, 0.3) is 0 Å². The van der Waals surface area contributed by atoms with Crippen LogP contribution in [0.3, 0.4) is 0 Å². The number of hydrogen-bond acceptors (Lipinski definition) is 5. The number of nitrogens with zero attached hydrogens (tertiary/aromatic N) is 2. The zero-order valence-corrected chi connectivity index (χ0v) is 18.3. The molecule has 11 heteroatoms. The van der Waals surface area contributed by atoms with E-state index in [1.54, 1.807) is 26.2 Å². The average molecular weight is 427 g/mol. The summed E-state index contributed by atoms with van der Waals surface area (Å²) >= 11 is 0. The maximum atomic E-state index is 12.0. The molecule has 0 fully saturated rings. The highest BCUT2D eigenvalue weighted by molar-refractivity contribution is 7.89. The van der Waals surface area contributed by atoms with Gasteiger partial charge in [-0.2, -0.15) is 0 Å². The van der Waals surface area contributed by atoms with Gasteiger partial charge >= 0.3 is 0 Å². The number of hydrogen-bond donors (Lipinski definition) is 4. The van der Waals surface area contributed by atoms with Gasteiger partial charge in [0.05, 0.1) is 24.5 Å². The molecule has 0 spiro atoms. The molecule has 29 heavy (non-hydrogen) atoms. The van der Waals surface area contributed by atoms with Gasteiger partial charge in [-0.15, -0.1) is 0 Å². The standard InChI is InChI=1S/C18H30N6O4S/c1-18(2,3)23-15(25)11-21-17(22-12-16(26)24(4)5)20-10-13-6-8-14(9-7-13)29(19,27)28/h6-9H,10-12H2,1-5H3,(H,23,25)(H2,19,27,28)(H2,20,21,22). The third-order valence-electron chi connectivity index (χ3n) is 3.51. The normalized spacial score (nSPS) is 12.3. The highest BCUT2D eigenvalue weighted by atomic mass is 32.2. The van der Waals surface area contributed by atoms with Crippen molar-refractivity contribution in [3.05, 3.63) is 29.8 Å². The van der Waals surface area contributed by atoms with E-state index in [0.717, 1.165) is 5.56 Å². The van der Waals surface area contributed by atoms with E-state index in [-0.39, 0.29) is 47.8 Å². The van der Waals surface area contributed by atoms with Gasteiger partial charge in [-0.25, -0.2) is 18.5 Å². The van der Waals surface area contributed by atoms with Crippen LogP contribution in [0.2, 0.25) is 0 Å². The molecule has 1 rings (SSSR count). The van der Waals surface area contributed by atoms with Gasteiger partial charge in [0, 0.05) is 19.6 Å². The van der Waals surface area contributed by atoms with E-state index in [2.05, 4.69) is 20.9 Å². The first-order valence-electron chi connectivity index (χ1n) is 8.93. The SMILES string of the molecule is CN(C)C(=O)CNC(=NCc1ccc(S(N)(=O)=O)cc1)NCC(=O)NC(C)(C)C. The predicted molar refractivity (Wildman–Crippen MR) is 112 cm³/mol. The largest absolute Gasteiger partial charge is 0.350 e. The molecule has 0 aliphatic carbocycles. The lowest BCUT2D eigenvalue weighted by Crippen LogP contribution is -2.49. The van der Waals surface area contributed by atoms with Crippen LogP contribution >= 0.6 is 0 Å². The number of carbonyl (C=O) groups is 2. The first-order valence-corrected chi connectivity index (χ1v) is 10.5. The van der Waals surface area contributed by atoms with Crippen molar-refractivity contribution in [3.8, 4) is 0 Å². The fourth-order valence-electron chi connectivity index (χ4n) is 2.07. The third-order valence-corrected chi connectivity index (χ3v) is 4.44. The Morgan fingerprint density at radius 2 is 1.62 bits per heavy atom. The lowest BCUT2D eigenvalue weighted by atomic mass is 10.1. The third kappa shape index (κ3) is 9.90. The lowest BCUT2D eigenvalue weighted by Gasteiger charge is -2.21. The second kappa shape index (κ2) is 10.2. The molecule has 1 aromatic rings. The van der Waals surface area contributed by atoms with Crippen molar-refractivity contribution in [2.75, 3.05) is 27.2 Å². The smallest absolute Gasteiger partial charge is 0.241 e. The predicted octanol–water partition coefficient (Wildman–Crippen LogP) is -0.628. The summed E-state index contributed by atoms with van der Waals surface area (Å²) in [5.41, 5.74) is 0.367. The van der Waals surface area contributed by atoms with Crippen molar-refractivity contribution in [3.63, 3.8) is 0 Å². The number of sulfonamides is 1. The number of amides is 2. The minimum Gasteiger partial charge on any atom is -0.350 e. The maximum Gasteiger partial charge on any atom is 0.241 e. The summed E-state index contributed by atoms with van der Waals surface area (Å²) in [6, 6.07) is 5.98. The second-order valence-electron chi connectivity index (χ2n) is 7.65. The number of primary sulfonamides is 1. The maximum absolute atomic E-state index is 12.0. The summed E-state index contributed by atoms with van der Waals surface area (Å²) in [7, 11) is -0.483. The van der Waals surface area contributed by atoms with Crippen molar-refractivity contribution in [1.82, 2.24) is 20.9 Å². The van der Waals surface area contributed by atoms with E-state index in [1.807, 2.05) is 20.8 Å². The van der Waals surface area contributed by atoms with Crippen molar-refractivity contribution < 1.29 is 18.0 Å². The number of nitrogens with two attached hydrogens (primary N) is 1. The van der Waals surface area contributed by atoms with Crippen LogP contribution in [0.15, 0.2) is 34.2 Å². The van der Waals surface area contributed by atoms with Crippen LogP contribution in [-0.2, 0) is 26.2 Å². The number of benzene rings is 1. The quantitative estimate of drug-likeness (QED) is 0.337. The number of carbonyl (C=O) groups excluding carboxylic acids is 2. The molecule has 0 saturated carbocycles. The molecule has 0 aliphatic heterocycles. The number of rotatable bonds is 7. The van der Waals surface area contributed by atoms with Gasteiger partial charge in [0.1, 0.15) is 0 Å². The monoisotopic (exact) mass is 426 g/mol. The zero-order chi connectivity index (χ0) is 22.2. The van der Waals surface area contributed by atoms with Gasteiger partial charge in [0.15, 0.2) is 5.96 Å². The van der Waals surface area contributed by atoms with Gasteiger partial charge in [0.2, 0.25) is 21.8 Å². The van der Waals surface area contributed by atoms with Crippen molar-refractivity contribution in [2.45, 2.75) is 37.8 Å². The number of nitrogens with one attached hydrogen (secondary N) is 3. The summed E-state index contributed by atoms with van der Waals surface area (Å²) in [5, 5.41) is 13.7. The molecule has 0 unspecified atom stereocenters. The van der Waals surface area contributed by atoms with Crippen LogP contribution in [0.4, 0.5) is 0 Å². The van der Waals surface area contributed by atoms with Crippen LogP contribution in [0.1, 0.15) is 26.3 Å². The van der Waals surface area contributed by atoms with Gasteiger partial charge in [-0.3, -0.25) is 9.59 Å². The molecule has 0 radical (unpaired) electrons. The van der Waals surface area contributed by atoms with E-state index < -0.39 is 10.0 Å². The Hall–Kier alpha value is -2.66. The minimum atomic E-state index is -3.76. The van der Waals surface area contributed by atoms with E-state index in [9.17, 15) is 18.0 Å². The van der Waals surface area contributed by atoms with Crippen molar-refractivity contribution in [2.24, 2.45) is 10.1 Å².